The number of nitrogens with one attached hydrogen (secondary N) is 1. The summed E-state index contributed by atoms with van der Waals surface area (Å²) >= 11 is 0. The number of nitrogens with zero attached hydrogens (tertiary/aromatic N) is 1. The highest BCUT2D eigenvalue weighted by molar-refractivity contribution is 5.92. The third kappa shape index (κ3) is 3.54. The lowest BCUT2D eigenvalue weighted by atomic mass is 10.1. The fourth-order valence-corrected chi connectivity index (χ4v) is 1.34. The van der Waals surface area contributed by atoms with Crippen molar-refractivity contribution in [1.82, 2.24) is 0 Å². The van der Waals surface area contributed by atoms with Gasteiger partial charge in [-0.3, -0.25) is 4.79 Å². The first-order chi connectivity index (χ1) is 8.08. The molecule has 0 saturated heterocycles. The maximum atomic E-state index is 13.0. The molecule has 3 N–H and O–H groups in total. The van der Waals surface area contributed by atoms with Crippen molar-refractivity contribution in [3.8, 4) is 6.07 Å². The van der Waals surface area contributed by atoms with Crippen molar-refractivity contribution in [3.63, 3.8) is 0 Å². The van der Waals surface area contributed by atoms with E-state index < -0.39 is 5.82 Å². The van der Waals surface area contributed by atoms with Crippen LogP contribution in [0.2, 0.25) is 0 Å². The molecule has 0 aliphatic carbocycles. The number of rotatable bonds is 4. The molecule has 1 aromatic rings. The summed E-state index contributed by atoms with van der Waals surface area (Å²) in [5.74, 6) is -0.998. The van der Waals surface area contributed by atoms with Crippen LogP contribution in [0.3, 0.4) is 0 Å². The number of nitrogens with two attached hydrogens (primary N) is 1. The molecule has 5 heteroatoms. The Balaban J connectivity index is 2.76. The van der Waals surface area contributed by atoms with Gasteiger partial charge >= 0.3 is 0 Å². The van der Waals surface area contributed by atoms with Crippen molar-refractivity contribution in [2.24, 2.45) is 11.7 Å². The van der Waals surface area contributed by atoms with E-state index in [9.17, 15) is 9.18 Å². The number of benzene rings is 1. The van der Waals surface area contributed by atoms with Crippen LogP contribution < -0.4 is 11.1 Å². The van der Waals surface area contributed by atoms with E-state index in [1.807, 2.05) is 0 Å². The van der Waals surface area contributed by atoms with E-state index >= 15 is 0 Å². The van der Waals surface area contributed by atoms with Crippen molar-refractivity contribution in [2.75, 3.05) is 11.9 Å². The number of hydrogen-bond acceptors (Lipinski definition) is 3. The van der Waals surface area contributed by atoms with E-state index in [0.29, 0.717) is 18.7 Å². The number of carbonyl (C=O) groups excluding carboxylic acids is 1. The van der Waals surface area contributed by atoms with Gasteiger partial charge in [0.2, 0.25) is 5.91 Å². The number of hydrogen-bond donors (Lipinski definition) is 2. The zero-order valence-electron chi connectivity index (χ0n) is 9.53. The van der Waals surface area contributed by atoms with Crippen LogP contribution in [0, 0.1) is 23.1 Å². The topological polar surface area (TPSA) is 78.9 Å². The van der Waals surface area contributed by atoms with Gasteiger partial charge in [0, 0.05) is 11.6 Å². The second kappa shape index (κ2) is 5.97. The minimum absolute atomic E-state index is 0.0886. The molecule has 17 heavy (non-hydrogen) atoms. The largest absolute Gasteiger partial charge is 0.330 e. The van der Waals surface area contributed by atoms with Crippen LogP contribution in [0.4, 0.5) is 10.1 Å². The van der Waals surface area contributed by atoms with Crippen LogP contribution in [0.5, 0.6) is 0 Å². The molecule has 0 radical (unpaired) electrons. The lowest BCUT2D eigenvalue weighted by Crippen LogP contribution is -2.22. The standard InChI is InChI=1S/C12H14FN3O/c1-8(4-5-14)12(17)16-10-2-3-11(13)9(6-10)7-15/h2-3,6,8H,4-5,14H2,1H3,(H,16,17). The summed E-state index contributed by atoms with van der Waals surface area (Å²) in [5, 5.41) is 11.3. The zero-order chi connectivity index (χ0) is 12.8. The molecule has 0 aliphatic rings. The summed E-state index contributed by atoms with van der Waals surface area (Å²) in [5.41, 5.74) is 5.68. The molecule has 0 fully saturated rings. The molecule has 1 atom stereocenters. The Bertz CT molecular complexity index is 454. The fourth-order valence-electron chi connectivity index (χ4n) is 1.34. The van der Waals surface area contributed by atoms with Crippen LogP contribution in [0.1, 0.15) is 18.9 Å². The quantitative estimate of drug-likeness (QED) is 0.832. The Hall–Kier alpha value is -1.93. The number of nitriles is 1. The summed E-state index contributed by atoms with van der Waals surface area (Å²) in [7, 11) is 0. The molecule has 0 bridgehead atoms. The van der Waals surface area contributed by atoms with E-state index in [0.717, 1.165) is 6.07 Å². The molecule has 1 unspecified atom stereocenters. The molecule has 4 nitrogen and oxygen atoms in total. The Morgan fingerprint density at radius 1 is 1.65 bits per heavy atom. The minimum atomic E-state index is -0.597. The maximum absolute atomic E-state index is 13.0. The van der Waals surface area contributed by atoms with Crippen LogP contribution in [0.25, 0.3) is 0 Å². The lowest BCUT2D eigenvalue weighted by Gasteiger charge is -2.11. The molecule has 1 aromatic carbocycles. The Morgan fingerprint density at radius 2 is 2.35 bits per heavy atom. The molecule has 1 amide bonds. The predicted octanol–water partition coefficient (Wildman–Crippen LogP) is 1.62. The average molecular weight is 235 g/mol. The second-order valence-corrected chi connectivity index (χ2v) is 3.77. The first kappa shape index (κ1) is 13.1. The fraction of sp³-hybridized carbons (Fsp3) is 0.333. The Morgan fingerprint density at radius 3 is 2.94 bits per heavy atom. The molecule has 90 valence electrons. The lowest BCUT2D eigenvalue weighted by molar-refractivity contribution is -0.119. The van der Waals surface area contributed by atoms with Crippen molar-refractivity contribution in [3.05, 3.63) is 29.6 Å². The van der Waals surface area contributed by atoms with Crippen LogP contribution in [0.15, 0.2) is 18.2 Å². The second-order valence-electron chi connectivity index (χ2n) is 3.77. The smallest absolute Gasteiger partial charge is 0.227 e. The van der Waals surface area contributed by atoms with Crippen LogP contribution in [-0.4, -0.2) is 12.5 Å². The predicted molar refractivity (Wildman–Crippen MR) is 62.6 cm³/mol. The molecule has 0 heterocycles. The van der Waals surface area contributed by atoms with E-state index in [1.165, 1.54) is 12.1 Å². The summed E-state index contributed by atoms with van der Waals surface area (Å²) in [6.07, 6.45) is 0.581. The highest BCUT2D eigenvalue weighted by Crippen LogP contribution is 2.15. The van der Waals surface area contributed by atoms with Crippen molar-refractivity contribution in [2.45, 2.75) is 13.3 Å². The van der Waals surface area contributed by atoms with Gasteiger partial charge < -0.3 is 11.1 Å². The SMILES string of the molecule is CC(CCN)C(=O)Nc1ccc(F)c(C#N)c1. The van der Waals surface area contributed by atoms with Crippen LogP contribution >= 0.6 is 0 Å². The average Bonchev–Trinajstić information content (AvgIpc) is 2.31. The monoisotopic (exact) mass is 235 g/mol. The minimum Gasteiger partial charge on any atom is -0.330 e. The van der Waals surface area contributed by atoms with Gasteiger partial charge in [0.1, 0.15) is 11.9 Å². The number of amides is 1. The molecule has 0 spiro atoms. The van der Waals surface area contributed by atoms with Crippen LogP contribution in [-0.2, 0) is 4.79 Å². The molecule has 0 aromatic heterocycles. The first-order valence-corrected chi connectivity index (χ1v) is 5.29. The number of carbonyl (C=O) groups is 1. The van der Waals surface area contributed by atoms with Gasteiger partial charge in [0.25, 0.3) is 0 Å². The van der Waals surface area contributed by atoms with Gasteiger partial charge in [0.15, 0.2) is 0 Å². The highest BCUT2D eigenvalue weighted by Gasteiger charge is 2.12. The number of anilines is 1. The van der Waals surface area contributed by atoms with Gasteiger partial charge in [-0.2, -0.15) is 5.26 Å². The van der Waals surface area contributed by atoms with Crippen molar-refractivity contribution >= 4 is 11.6 Å². The zero-order valence-corrected chi connectivity index (χ0v) is 9.53. The van der Waals surface area contributed by atoms with Gasteiger partial charge in [-0.05, 0) is 31.2 Å². The third-order valence-corrected chi connectivity index (χ3v) is 2.40. The maximum Gasteiger partial charge on any atom is 0.227 e. The first-order valence-electron chi connectivity index (χ1n) is 5.29. The highest BCUT2D eigenvalue weighted by atomic mass is 19.1. The molecular weight excluding hydrogens is 221 g/mol. The summed E-state index contributed by atoms with van der Waals surface area (Å²) in [6.45, 7) is 2.19. The van der Waals surface area contributed by atoms with Gasteiger partial charge in [-0.1, -0.05) is 6.92 Å². The third-order valence-electron chi connectivity index (χ3n) is 2.40. The normalized spacial score (nSPS) is 11.6. The summed E-state index contributed by atoms with van der Waals surface area (Å²) < 4.78 is 13.0. The van der Waals surface area contributed by atoms with E-state index in [4.69, 9.17) is 11.0 Å². The van der Waals surface area contributed by atoms with Gasteiger partial charge in [0.05, 0.1) is 5.56 Å². The number of halogens is 1. The van der Waals surface area contributed by atoms with Gasteiger partial charge in [-0.25, -0.2) is 4.39 Å². The summed E-state index contributed by atoms with van der Waals surface area (Å²) in [4.78, 5) is 11.6. The van der Waals surface area contributed by atoms with Gasteiger partial charge in [-0.15, -0.1) is 0 Å². The van der Waals surface area contributed by atoms with Crippen molar-refractivity contribution in [1.29, 1.82) is 5.26 Å². The Kier molecular flexibility index (Phi) is 4.61. The Labute approximate surface area is 99.2 Å². The van der Waals surface area contributed by atoms with E-state index in [-0.39, 0.29) is 17.4 Å². The van der Waals surface area contributed by atoms with E-state index in [1.54, 1.807) is 13.0 Å². The summed E-state index contributed by atoms with van der Waals surface area (Å²) in [6, 6.07) is 5.60. The van der Waals surface area contributed by atoms with E-state index in [2.05, 4.69) is 5.32 Å². The molecule has 0 saturated carbocycles. The molecular formula is C12H14FN3O. The molecule has 1 rings (SSSR count). The van der Waals surface area contributed by atoms with Crippen molar-refractivity contribution < 1.29 is 9.18 Å². The molecule has 0 aliphatic heterocycles.